The molecule has 0 aromatic heterocycles. The third kappa shape index (κ3) is 1.82. The Balaban J connectivity index is 2.75. The number of rotatable bonds is 2. The molecule has 4 radical (unpaired) electrons. The maximum atomic E-state index is 3.74. The number of hydrogen-bond acceptors (Lipinski definition) is 0. The van der Waals surface area contributed by atoms with Gasteiger partial charge in [0.25, 0.3) is 0 Å². The van der Waals surface area contributed by atoms with Crippen molar-refractivity contribution in [1.29, 1.82) is 0 Å². The zero-order chi connectivity index (χ0) is 7.40. The van der Waals surface area contributed by atoms with Crippen LogP contribution >= 0.6 is 0 Å². The van der Waals surface area contributed by atoms with Crippen LogP contribution in [-0.2, 0) is 0 Å². The highest BCUT2D eigenvalue weighted by molar-refractivity contribution is 7.11. The van der Waals surface area contributed by atoms with Gasteiger partial charge in [0, 0.05) is 9.76 Å². The van der Waals surface area contributed by atoms with Crippen LogP contribution in [0.1, 0.15) is 6.92 Å². The molecular weight excluding hydrogens is 152 g/mol. The van der Waals surface area contributed by atoms with Gasteiger partial charge in [0.15, 0.2) is 0 Å². The molecule has 0 saturated carbocycles. The fraction of sp³-hybridized carbons (Fsp3) is 0.250. The van der Waals surface area contributed by atoms with E-state index in [2.05, 4.69) is 47.0 Å². The van der Waals surface area contributed by atoms with Gasteiger partial charge in [-0.2, -0.15) is 0 Å². The van der Waals surface area contributed by atoms with Gasteiger partial charge in [0.1, 0.15) is 0 Å². The zero-order valence-corrected chi connectivity index (χ0v) is 8.09. The van der Waals surface area contributed by atoms with Crippen molar-refractivity contribution in [2.75, 3.05) is 0 Å². The Labute approximate surface area is 67.1 Å². The zero-order valence-electron chi connectivity index (χ0n) is 6.09. The predicted octanol–water partition coefficient (Wildman–Crippen LogP) is 1.07. The number of benzene rings is 1. The molecule has 1 aromatic rings. The lowest BCUT2D eigenvalue weighted by Gasteiger charge is -2.04. The standard InChI is InChI=1S/C8H10Si2/c1-2-10(9)8-6-4-3-5-7-8/h3-7H,2H2,1H3. The summed E-state index contributed by atoms with van der Waals surface area (Å²) in [5, 5.41) is 1.46. The van der Waals surface area contributed by atoms with Crippen LogP contribution in [0.5, 0.6) is 0 Å². The lowest BCUT2D eigenvalue weighted by molar-refractivity contribution is 1.45. The van der Waals surface area contributed by atoms with Crippen molar-refractivity contribution in [2.45, 2.75) is 13.0 Å². The van der Waals surface area contributed by atoms with E-state index in [1.807, 2.05) is 0 Å². The highest BCUT2D eigenvalue weighted by Gasteiger charge is 2.01. The highest BCUT2D eigenvalue weighted by atomic mass is 29.1. The van der Waals surface area contributed by atoms with Crippen LogP contribution in [0.2, 0.25) is 6.04 Å². The van der Waals surface area contributed by atoms with Crippen molar-refractivity contribution in [3.8, 4) is 0 Å². The SMILES string of the molecule is CC[Si]([Si])c1ccccc1. The van der Waals surface area contributed by atoms with E-state index in [0.717, 1.165) is 0 Å². The van der Waals surface area contributed by atoms with Crippen molar-refractivity contribution in [2.24, 2.45) is 0 Å². The molecule has 0 nitrogen and oxygen atoms in total. The van der Waals surface area contributed by atoms with Crippen LogP contribution in [-0.4, -0.2) is 18.1 Å². The van der Waals surface area contributed by atoms with E-state index in [1.54, 1.807) is 0 Å². The molecular formula is C8H10Si2. The first kappa shape index (κ1) is 7.76. The molecule has 1 aromatic carbocycles. The first-order valence-electron chi connectivity index (χ1n) is 3.47. The Morgan fingerprint density at radius 1 is 1.30 bits per heavy atom. The molecule has 0 fully saturated rings. The van der Waals surface area contributed by atoms with Gasteiger partial charge in [-0.1, -0.05) is 48.5 Å². The minimum Gasteiger partial charge on any atom is -0.0679 e. The molecule has 0 saturated heterocycles. The topological polar surface area (TPSA) is 0 Å². The van der Waals surface area contributed by atoms with Crippen molar-refractivity contribution < 1.29 is 0 Å². The van der Waals surface area contributed by atoms with Crippen LogP contribution in [0.3, 0.4) is 0 Å². The minimum absolute atomic E-state index is 0.401. The summed E-state index contributed by atoms with van der Waals surface area (Å²) in [6, 6.07) is 11.9. The first-order chi connectivity index (χ1) is 4.84. The lowest BCUT2D eigenvalue weighted by atomic mass is 10.4. The maximum Gasteiger partial charge on any atom is 0.0673 e. The van der Waals surface area contributed by atoms with Gasteiger partial charge >= 0.3 is 0 Å². The van der Waals surface area contributed by atoms with Crippen molar-refractivity contribution >= 4 is 23.3 Å². The van der Waals surface area contributed by atoms with E-state index in [1.165, 1.54) is 11.2 Å². The summed E-state index contributed by atoms with van der Waals surface area (Å²) in [7, 11) is 3.33. The Kier molecular flexibility index (Phi) is 2.90. The van der Waals surface area contributed by atoms with Gasteiger partial charge in [0.05, 0.1) is 8.31 Å². The molecule has 0 N–H and O–H groups in total. The van der Waals surface area contributed by atoms with Crippen LogP contribution in [0.4, 0.5) is 0 Å². The summed E-state index contributed by atoms with van der Waals surface area (Å²) in [5.41, 5.74) is 0. The summed E-state index contributed by atoms with van der Waals surface area (Å²) < 4.78 is 0. The molecule has 2 heteroatoms. The molecule has 0 aliphatic carbocycles. The minimum atomic E-state index is -0.401. The average Bonchev–Trinajstić information content (AvgIpc) is 2.05. The van der Waals surface area contributed by atoms with Crippen LogP contribution < -0.4 is 5.19 Å². The Morgan fingerprint density at radius 3 is 2.40 bits per heavy atom. The second-order valence-electron chi connectivity index (χ2n) is 2.20. The van der Waals surface area contributed by atoms with Crippen molar-refractivity contribution in [1.82, 2.24) is 0 Å². The fourth-order valence-electron chi connectivity index (χ4n) is 0.843. The van der Waals surface area contributed by atoms with E-state index in [4.69, 9.17) is 0 Å². The average molecular weight is 162 g/mol. The molecule has 0 aliphatic rings. The Hall–Kier alpha value is -0.346. The van der Waals surface area contributed by atoms with Crippen molar-refractivity contribution in [3.05, 3.63) is 30.3 Å². The third-order valence-electron chi connectivity index (χ3n) is 1.48. The third-order valence-corrected chi connectivity index (χ3v) is 5.14. The maximum absolute atomic E-state index is 3.74. The summed E-state index contributed by atoms with van der Waals surface area (Å²) in [6.07, 6.45) is 0. The van der Waals surface area contributed by atoms with E-state index < -0.39 is 8.31 Å². The summed E-state index contributed by atoms with van der Waals surface area (Å²) in [4.78, 5) is 0. The van der Waals surface area contributed by atoms with Crippen LogP contribution in [0.25, 0.3) is 0 Å². The first-order valence-corrected chi connectivity index (χ1v) is 6.68. The summed E-state index contributed by atoms with van der Waals surface area (Å²) >= 11 is 0. The van der Waals surface area contributed by atoms with E-state index in [-0.39, 0.29) is 0 Å². The lowest BCUT2D eigenvalue weighted by Crippen LogP contribution is -2.29. The summed E-state index contributed by atoms with van der Waals surface area (Å²) in [5.74, 6) is 0. The highest BCUT2D eigenvalue weighted by Crippen LogP contribution is 1.89. The fourth-order valence-corrected chi connectivity index (χ4v) is 2.35. The molecule has 0 aliphatic heterocycles. The molecule has 0 unspecified atom stereocenters. The van der Waals surface area contributed by atoms with Gasteiger partial charge < -0.3 is 0 Å². The van der Waals surface area contributed by atoms with Gasteiger partial charge in [-0.25, -0.2) is 0 Å². The second kappa shape index (κ2) is 3.73. The molecule has 0 spiro atoms. The van der Waals surface area contributed by atoms with E-state index >= 15 is 0 Å². The normalized spacial score (nSPS) is 10.3. The smallest absolute Gasteiger partial charge is 0.0673 e. The Bertz CT molecular complexity index is 184. The van der Waals surface area contributed by atoms with Gasteiger partial charge in [-0.05, 0) is 0 Å². The molecule has 0 bridgehead atoms. The molecule has 0 heterocycles. The number of hydrogen-bond donors (Lipinski definition) is 0. The molecule has 10 heavy (non-hydrogen) atoms. The van der Waals surface area contributed by atoms with Gasteiger partial charge in [-0.15, -0.1) is 0 Å². The quantitative estimate of drug-likeness (QED) is 0.571. The molecule has 0 atom stereocenters. The van der Waals surface area contributed by atoms with E-state index in [9.17, 15) is 0 Å². The van der Waals surface area contributed by atoms with E-state index in [0.29, 0.717) is 0 Å². The molecule has 0 amide bonds. The van der Waals surface area contributed by atoms with Gasteiger partial charge in [0.2, 0.25) is 0 Å². The van der Waals surface area contributed by atoms with Crippen LogP contribution in [0, 0.1) is 0 Å². The molecule has 1 rings (SSSR count). The molecule has 50 valence electrons. The predicted molar refractivity (Wildman–Crippen MR) is 48.1 cm³/mol. The monoisotopic (exact) mass is 162 g/mol. The van der Waals surface area contributed by atoms with Gasteiger partial charge in [-0.3, -0.25) is 0 Å². The van der Waals surface area contributed by atoms with Crippen LogP contribution in [0.15, 0.2) is 30.3 Å². The summed E-state index contributed by atoms with van der Waals surface area (Å²) in [6.45, 7) is 2.22. The Morgan fingerprint density at radius 2 is 1.90 bits per heavy atom. The second-order valence-corrected chi connectivity index (χ2v) is 6.25. The van der Waals surface area contributed by atoms with Crippen molar-refractivity contribution in [3.63, 3.8) is 0 Å². The largest absolute Gasteiger partial charge is 0.0679 e.